The number of hydrogen-bond donors (Lipinski definition) is 1. The predicted octanol–water partition coefficient (Wildman–Crippen LogP) is 3.39. The second-order valence-electron chi connectivity index (χ2n) is 4.53. The second kappa shape index (κ2) is 5.58. The third-order valence-electron chi connectivity index (χ3n) is 3.06. The van der Waals surface area contributed by atoms with E-state index in [1.165, 1.54) is 12.3 Å². The minimum atomic E-state index is -4.40. The van der Waals surface area contributed by atoms with Gasteiger partial charge in [0.1, 0.15) is 0 Å². The van der Waals surface area contributed by atoms with Crippen LogP contribution in [-0.2, 0) is 19.3 Å². The molecule has 0 aliphatic heterocycles. The number of furan rings is 1. The molecule has 0 spiro atoms. The van der Waals surface area contributed by atoms with Gasteiger partial charge in [-0.05, 0) is 23.8 Å². The maximum Gasteiger partial charge on any atom is 0.416 e. The van der Waals surface area contributed by atoms with E-state index < -0.39 is 11.7 Å². The first-order valence-electron chi connectivity index (χ1n) is 6.04. The van der Waals surface area contributed by atoms with Gasteiger partial charge in [0.2, 0.25) is 0 Å². The summed E-state index contributed by atoms with van der Waals surface area (Å²) in [6, 6.07) is 5.96. The summed E-state index contributed by atoms with van der Waals surface area (Å²) in [6.45, 7) is 0.330. The zero-order valence-corrected chi connectivity index (χ0v) is 10.9. The highest BCUT2D eigenvalue weighted by molar-refractivity contribution is 5.51. The lowest BCUT2D eigenvalue weighted by atomic mass is 10.1. The normalized spacial score (nSPS) is 11.7. The molecule has 2 aromatic rings. The fourth-order valence-corrected chi connectivity index (χ4v) is 1.99. The summed E-state index contributed by atoms with van der Waals surface area (Å²) < 4.78 is 43.8. The largest absolute Gasteiger partial charge is 0.472 e. The first-order chi connectivity index (χ1) is 9.41. The maximum absolute atomic E-state index is 13.0. The van der Waals surface area contributed by atoms with Crippen molar-refractivity contribution < 1.29 is 17.6 Å². The Morgan fingerprint density at radius 3 is 2.55 bits per heavy atom. The molecule has 0 atom stereocenters. The van der Waals surface area contributed by atoms with Gasteiger partial charge in [0, 0.05) is 31.4 Å². The Morgan fingerprint density at radius 1 is 1.25 bits per heavy atom. The molecule has 1 aromatic carbocycles. The van der Waals surface area contributed by atoms with Crippen LogP contribution in [0.4, 0.5) is 18.9 Å². The van der Waals surface area contributed by atoms with Crippen molar-refractivity contribution in [1.29, 1.82) is 0 Å². The van der Waals surface area contributed by atoms with Crippen LogP contribution in [0, 0.1) is 0 Å². The number of nitrogens with zero attached hydrogens (tertiary/aromatic N) is 1. The zero-order chi connectivity index (χ0) is 14.8. The van der Waals surface area contributed by atoms with Crippen LogP contribution in [0.15, 0.2) is 41.2 Å². The molecule has 2 rings (SSSR count). The monoisotopic (exact) mass is 284 g/mol. The van der Waals surface area contributed by atoms with E-state index in [9.17, 15) is 13.2 Å². The molecule has 0 bridgehead atoms. The summed E-state index contributed by atoms with van der Waals surface area (Å²) in [7, 11) is 1.73. The third kappa shape index (κ3) is 3.14. The van der Waals surface area contributed by atoms with Crippen LogP contribution in [0.5, 0.6) is 0 Å². The van der Waals surface area contributed by atoms with Gasteiger partial charge in [-0.1, -0.05) is 6.07 Å². The lowest BCUT2D eigenvalue weighted by Gasteiger charge is -2.21. The molecule has 0 aliphatic rings. The molecule has 20 heavy (non-hydrogen) atoms. The number of benzene rings is 1. The van der Waals surface area contributed by atoms with Gasteiger partial charge >= 0.3 is 6.18 Å². The fourth-order valence-electron chi connectivity index (χ4n) is 1.99. The number of hydrogen-bond acceptors (Lipinski definition) is 3. The van der Waals surface area contributed by atoms with E-state index in [1.807, 2.05) is 0 Å². The van der Waals surface area contributed by atoms with Crippen LogP contribution in [0.25, 0.3) is 0 Å². The molecular formula is C14H15F3N2O. The van der Waals surface area contributed by atoms with Crippen molar-refractivity contribution in [3.63, 3.8) is 0 Å². The van der Waals surface area contributed by atoms with Crippen LogP contribution < -0.4 is 10.6 Å². The zero-order valence-electron chi connectivity index (χ0n) is 10.9. The number of rotatable bonds is 4. The average molecular weight is 284 g/mol. The predicted molar refractivity (Wildman–Crippen MR) is 70.2 cm³/mol. The molecule has 108 valence electrons. The van der Waals surface area contributed by atoms with E-state index in [4.69, 9.17) is 10.2 Å². The van der Waals surface area contributed by atoms with Crippen LogP contribution in [0.3, 0.4) is 0 Å². The van der Waals surface area contributed by atoms with Crippen LogP contribution in [-0.4, -0.2) is 7.05 Å². The van der Waals surface area contributed by atoms with Crippen molar-refractivity contribution in [2.24, 2.45) is 5.73 Å². The Balaban J connectivity index is 2.28. The maximum atomic E-state index is 13.0. The Bertz CT molecular complexity index is 564. The second-order valence-corrected chi connectivity index (χ2v) is 4.53. The standard InChI is InChI=1S/C14H15F3N2O/c1-19(8-10-4-5-20-9-10)12-3-2-11(7-18)13(6-12)14(15,16)17/h2-6,9H,7-8,18H2,1H3. The minimum absolute atomic E-state index is 0.0953. The van der Waals surface area contributed by atoms with Crippen molar-refractivity contribution in [2.45, 2.75) is 19.3 Å². The lowest BCUT2D eigenvalue weighted by Crippen LogP contribution is -2.18. The number of halogens is 3. The molecule has 1 heterocycles. The highest BCUT2D eigenvalue weighted by atomic mass is 19.4. The molecule has 0 fully saturated rings. The highest BCUT2D eigenvalue weighted by Gasteiger charge is 2.33. The molecule has 6 heteroatoms. The molecule has 2 N–H and O–H groups in total. The van der Waals surface area contributed by atoms with Gasteiger partial charge in [-0.3, -0.25) is 0 Å². The topological polar surface area (TPSA) is 42.4 Å². The molecule has 0 aliphatic carbocycles. The summed E-state index contributed by atoms with van der Waals surface area (Å²) in [6.07, 6.45) is -1.31. The highest BCUT2D eigenvalue weighted by Crippen LogP contribution is 2.34. The number of nitrogens with two attached hydrogens (primary N) is 1. The first-order valence-corrected chi connectivity index (χ1v) is 6.04. The average Bonchev–Trinajstić information content (AvgIpc) is 2.89. The van der Waals surface area contributed by atoms with E-state index in [2.05, 4.69) is 0 Å². The van der Waals surface area contributed by atoms with E-state index in [0.29, 0.717) is 12.2 Å². The van der Waals surface area contributed by atoms with E-state index >= 15 is 0 Å². The number of alkyl halides is 3. The van der Waals surface area contributed by atoms with Crippen molar-refractivity contribution in [1.82, 2.24) is 0 Å². The van der Waals surface area contributed by atoms with Crippen molar-refractivity contribution in [3.05, 3.63) is 53.5 Å². The van der Waals surface area contributed by atoms with Gasteiger partial charge in [0.05, 0.1) is 18.1 Å². The lowest BCUT2D eigenvalue weighted by molar-refractivity contribution is -0.138. The Kier molecular flexibility index (Phi) is 4.04. The molecule has 1 aromatic heterocycles. The van der Waals surface area contributed by atoms with Crippen LogP contribution in [0.2, 0.25) is 0 Å². The third-order valence-corrected chi connectivity index (χ3v) is 3.06. The van der Waals surface area contributed by atoms with Gasteiger partial charge in [-0.15, -0.1) is 0 Å². The van der Waals surface area contributed by atoms with E-state index in [0.717, 1.165) is 11.6 Å². The van der Waals surface area contributed by atoms with Gasteiger partial charge < -0.3 is 15.1 Å². The smallest absolute Gasteiger partial charge is 0.416 e. The summed E-state index contributed by atoms with van der Waals surface area (Å²) in [5, 5.41) is 0. The van der Waals surface area contributed by atoms with Gasteiger partial charge in [0.15, 0.2) is 0 Å². The Morgan fingerprint density at radius 2 is 2.00 bits per heavy atom. The van der Waals surface area contributed by atoms with Crippen molar-refractivity contribution >= 4 is 5.69 Å². The van der Waals surface area contributed by atoms with E-state index in [-0.39, 0.29) is 12.1 Å². The molecule has 0 unspecified atom stereocenters. The SMILES string of the molecule is CN(Cc1ccoc1)c1ccc(CN)c(C(F)(F)F)c1. The molecule has 0 saturated carbocycles. The van der Waals surface area contributed by atoms with Crippen molar-refractivity contribution in [3.8, 4) is 0 Å². The van der Waals surface area contributed by atoms with Crippen molar-refractivity contribution in [2.75, 3.05) is 11.9 Å². The molecule has 3 nitrogen and oxygen atoms in total. The molecule has 0 amide bonds. The molecule has 0 radical (unpaired) electrons. The summed E-state index contributed by atoms with van der Waals surface area (Å²) >= 11 is 0. The minimum Gasteiger partial charge on any atom is -0.472 e. The molecular weight excluding hydrogens is 269 g/mol. The summed E-state index contributed by atoms with van der Waals surface area (Å²) in [5.41, 5.74) is 6.14. The van der Waals surface area contributed by atoms with Crippen LogP contribution >= 0.6 is 0 Å². The quantitative estimate of drug-likeness (QED) is 0.935. The van der Waals surface area contributed by atoms with E-state index in [1.54, 1.807) is 30.3 Å². The van der Waals surface area contributed by atoms with Gasteiger partial charge in [-0.25, -0.2) is 0 Å². The Labute approximate surface area is 114 Å². The van der Waals surface area contributed by atoms with Gasteiger partial charge in [0.25, 0.3) is 0 Å². The van der Waals surface area contributed by atoms with Gasteiger partial charge in [-0.2, -0.15) is 13.2 Å². The van der Waals surface area contributed by atoms with Crippen LogP contribution in [0.1, 0.15) is 16.7 Å². The summed E-state index contributed by atoms with van der Waals surface area (Å²) in [5.74, 6) is 0. The number of anilines is 1. The fraction of sp³-hybridized carbons (Fsp3) is 0.286. The first kappa shape index (κ1) is 14.5. The summed E-state index contributed by atoms with van der Waals surface area (Å²) in [4.78, 5) is 1.72. The Hall–Kier alpha value is -1.95. The molecule has 0 saturated heterocycles.